The van der Waals surface area contributed by atoms with Crippen LogP contribution in [0.4, 0.5) is 0 Å². The normalized spacial score (nSPS) is 11.9. The third-order valence-corrected chi connectivity index (χ3v) is 11.8. The fourth-order valence-electron chi connectivity index (χ4n) is 9.42. The van der Waals surface area contributed by atoms with Gasteiger partial charge in [0, 0.05) is 49.3 Å². The zero-order valence-corrected chi connectivity index (χ0v) is 31.0. The van der Waals surface area contributed by atoms with Crippen molar-refractivity contribution in [3.63, 3.8) is 0 Å². The van der Waals surface area contributed by atoms with Gasteiger partial charge in [0.25, 0.3) is 0 Å². The average molecular weight is 726 g/mol. The number of hydrogen-bond donors (Lipinski definition) is 0. The second-order valence-corrected chi connectivity index (χ2v) is 14.9. The minimum atomic E-state index is 1.15. The molecule has 0 atom stereocenters. The van der Waals surface area contributed by atoms with Crippen LogP contribution < -0.4 is 0 Å². The van der Waals surface area contributed by atoms with Crippen molar-refractivity contribution < 1.29 is 0 Å². The quantitative estimate of drug-likeness (QED) is 0.168. The van der Waals surface area contributed by atoms with Crippen molar-refractivity contribution in [2.45, 2.75) is 0 Å². The number of fused-ring (bicyclic) bond motifs is 10. The van der Waals surface area contributed by atoms with E-state index in [1.165, 1.54) is 93.4 Å². The van der Waals surface area contributed by atoms with E-state index in [9.17, 15) is 0 Å². The van der Waals surface area contributed by atoms with Crippen LogP contribution in [0.15, 0.2) is 212 Å². The van der Waals surface area contributed by atoms with E-state index < -0.39 is 0 Å². The molecule has 0 bridgehead atoms. The van der Waals surface area contributed by atoms with Gasteiger partial charge in [0.05, 0.1) is 38.8 Å². The van der Waals surface area contributed by atoms with Crippen molar-refractivity contribution in [1.29, 1.82) is 0 Å². The Hall–Kier alpha value is -7.62. The van der Waals surface area contributed by atoms with Crippen LogP contribution in [-0.4, -0.2) is 13.7 Å². The van der Waals surface area contributed by atoms with Crippen LogP contribution in [0, 0.1) is 0 Å². The number of nitrogens with zero attached hydrogens (tertiary/aromatic N) is 3. The van der Waals surface area contributed by atoms with Gasteiger partial charge < -0.3 is 13.7 Å². The van der Waals surface area contributed by atoms with Gasteiger partial charge in [-0.1, -0.05) is 140 Å². The summed E-state index contributed by atoms with van der Waals surface area (Å²) < 4.78 is 7.31. The molecule has 0 unspecified atom stereocenters. The lowest BCUT2D eigenvalue weighted by Gasteiger charge is -2.15. The van der Waals surface area contributed by atoms with Gasteiger partial charge in [0.2, 0.25) is 0 Å². The number of para-hydroxylation sites is 5. The molecule has 9 aromatic carbocycles. The van der Waals surface area contributed by atoms with Crippen LogP contribution in [0.2, 0.25) is 0 Å². The molecule has 3 nitrogen and oxygen atoms in total. The molecule has 0 saturated heterocycles. The van der Waals surface area contributed by atoms with Crippen LogP contribution in [0.25, 0.3) is 105 Å². The van der Waals surface area contributed by atoms with E-state index in [1.807, 2.05) is 0 Å². The Morgan fingerprint density at radius 1 is 0.246 bits per heavy atom. The van der Waals surface area contributed by atoms with Crippen molar-refractivity contribution >= 4 is 65.4 Å². The van der Waals surface area contributed by atoms with Gasteiger partial charge in [-0.3, -0.25) is 0 Å². The maximum absolute atomic E-state index is 2.49. The first-order chi connectivity index (χ1) is 28.3. The Labute approximate surface area is 329 Å². The highest BCUT2D eigenvalue weighted by atomic mass is 15.0. The molecule has 0 spiro atoms. The Morgan fingerprint density at radius 2 is 0.737 bits per heavy atom. The smallest absolute Gasteiger partial charge is 0.0549 e. The molecule has 0 aliphatic carbocycles. The van der Waals surface area contributed by atoms with E-state index in [2.05, 4.69) is 226 Å². The lowest BCUT2D eigenvalue weighted by atomic mass is 10.0. The van der Waals surface area contributed by atoms with Gasteiger partial charge in [-0.05, 0) is 89.5 Å². The van der Waals surface area contributed by atoms with Gasteiger partial charge in [-0.15, -0.1) is 0 Å². The Morgan fingerprint density at radius 3 is 1.47 bits per heavy atom. The molecule has 0 saturated carbocycles. The number of hydrogen-bond acceptors (Lipinski definition) is 0. The summed E-state index contributed by atoms with van der Waals surface area (Å²) in [5.41, 5.74) is 15.5. The lowest BCUT2D eigenvalue weighted by molar-refractivity contribution is 1.17. The van der Waals surface area contributed by atoms with E-state index in [-0.39, 0.29) is 0 Å². The molecule has 12 rings (SSSR count). The maximum Gasteiger partial charge on any atom is 0.0549 e. The van der Waals surface area contributed by atoms with E-state index in [1.54, 1.807) is 0 Å². The molecule has 0 aliphatic heterocycles. The summed E-state index contributed by atoms with van der Waals surface area (Å²) in [4.78, 5) is 0. The molecule has 0 aliphatic rings. The van der Waals surface area contributed by atoms with Crippen molar-refractivity contribution in [2.75, 3.05) is 0 Å². The molecule has 0 amide bonds. The standard InChI is InChI=1S/C54H35N3/c1-3-16-36(17-4-1)37-18-15-21-40(34-37)56-48-28-13-9-24-43(48)53-51(56)32-33-52-54(53)44-25-10-14-29-49(44)57(52)46-26-11-7-22-41(46)38-30-31-50-45(35-38)42-23-8-12-27-47(42)55(50)39-19-5-2-6-20-39/h1-35H. The molecular weight excluding hydrogens is 691 g/mol. The summed E-state index contributed by atoms with van der Waals surface area (Å²) in [5.74, 6) is 0. The molecule has 0 N–H and O–H groups in total. The van der Waals surface area contributed by atoms with Gasteiger partial charge in [-0.2, -0.15) is 0 Å². The number of benzene rings is 9. The number of rotatable bonds is 5. The molecule has 0 radical (unpaired) electrons. The molecule has 12 aromatic rings. The third-order valence-electron chi connectivity index (χ3n) is 11.8. The zero-order chi connectivity index (χ0) is 37.5. The topological polar surface area (TPSA) is 14.8 Å². The van der Waals surface area contributed by atoms with Crippen molar-refractivity contribution in [3.05, 3.63) is 212 Å². The summed E-state index contributed by atoms with van der Waals surface area (Å²) >= 11 is 0. The van der Waals surface area contributed by atoms with E-state index in [0.29, 0.717) is 0 Å². The van der Waals surface area contributed by atoms with Crippen molar-refractivity contribution in [3.8, 4) is 39.3 Å². The molecule has 57 heavy (non-hydrogen) atoms. The second-order valence-electron chi connectivity index (χ2n) is 14.9. The summed E-state index contributed by atoms with van der Waals surface area (Å²) in [5, 5.41) is 7.54. The zero-order valence-electron chi connectivity index (χ0n) is 31.0. The summed E-state index contributed by atoms with van der Waals surface area (Å²) in [6.45, 7) is 0. The summed E-state index contributed by atoms with van der Waals surface area (Å²) in [7, 11) is 0. The highest BCUT2D eigenvalue weighted by Gasteiger charge is 2.22. The molecule has 3 heteroatoms. The monoisotopic (exact) mass is 725 g/mol. The Bertz CT molecular complexity index is 3510. The maximum atomic E-state index is 2.49. The molecule has 0 fully saturated rings. The first kappa shape index (κ1) is 31.7. The third kappa shape index (κ3) is 4.73. The highest BCUT2D eigenvalue weighted by Crippen LogP contribution is 2.44. The number of aromatic nitrogens is 3. The fourth-order valence-corrected chi connectivity index (χ4v) is 9.42. The van der Waals surface area contributed by atoms with Gasteiger partial charge in [-0.25, -0.2) is 0 Å². The van der Waals surface area contributed by atoms with Gasteiger partial charge in [0.1, 0.15) is 0 Å². The minimum Gasteiger partial charge on any atom is -0.309 e. The minimum absolute atomic E-state index is 1.15. The van der Waals surface area contributed by atoms with Crippen LogP contribution in [-0.2, 0) is 0 Å². The summed E-state index contributed by atoms with van der Waals surface area (Å²) in [6.07, 6.45) is 0. The lowest BCUT2D eigenvalue weighted by Crippen LogP contribution is -1.97. The molecule has 3 aromatic heterocycles. The van der Waals surface area contributed by atoms with Crippen LogP contribution >= 0.6 is 0 Å². The van der Waals surface area contributed by atoms with E-state index in [0.717, 1.165) is 11.4 Å². The van der Waals surface area contributed by atoms with Crippen molar-refractivity contribution in [2.24, 2.45) is 0 Å². The summed E-state index contributed by atoms with van der Waals surface area (Å²) in [6, 6.07) is 77.3. The van der Waals surface area contributed by atoms with E-state index >= 15 is 0 Å². The molecule has 3 heterocycles. The Kier molecular flexibility index (Phi) is 6.93. The largest absolute Gasteiger partial charge is 0.309 e. The first-order valence-corrected chi connectivity index (χ1v) is 19.6. The fraction of sp³-hybridized carbons (Fsp3) is 0. The molecule has 266 valence electrons. The van der Waals surface area contributed by atoms with Gasteiger partial charge >= 0.3 is 0 Å². The van der Waals surface area contributed by atoms with Crippen LogP contribution in [0.1, 0.15) is 0 Å². The predicted molar refractivity (Wildman–Crippen MR) is 240 cm³/mol. The van der Waals surface area contributed by atoms with Gasteiger partial charge in [0.15, 0.2) is 0 Å². The second kappa shape index (κ2) is 12.5. The van der Waals surface area contributed by atoms with Crippen molar-refractivity contribution in [1.82, 2.24) is 13.7 Å². The van der Waals surface area contributed by atoms with Crippen LogP contribution in [0.5, 0.6) is 0 Å². The Balaban J connectivity index is 1.11. The van der Waals surface area contributed by atoms with E-state index in [4.69, 9.17) is 0 Å². The average Bonchev–Trinajstić information content (AvgIpc) is 3.92. The van der Waals surface area contributed by atoms with Crippen LogP contribution in [0.3, 0.4) is 0 Å². The SMILES string of the molecule is c1ccc(-c2cccc(-n3c4ccccc4c4c5c6ccccc6n(-c6ccccc6-c6ccc7c(c6)c6ccccc6n7-c6ccccc6)c5ccc43)c2)cc1. The first-order valence-electron chi connectivity index (χ1n) is 19.6. The predicted octanol–water partition coefficient (Wildman–Crippen LogP) is 14.3. The highest BCUT2D eigenvalue weighted by molar-refractivity contribution is 6.29. The molecular formula is C54H35N3.